The summed E-state index contributed by atoms with van der Waals surface area (Å²) in [6.45, 7) is 3.11. The minimum absolute atomic E-state index is 0.178. The predicted octanol–water partition coefficient (Wildman–Crippen LogP) is 2.45. The first-order valence-electron chi connectivity index (χ1n) is 6.34. The minimum Gasteiger partial charge on any atom is -0.493 e. The fraction of sp³-hybridized carbons (Fsp3) is 0.333. The van der Waals surface area contributed by atoms with Crippen molar-refractivity contribution in [1.29, 1.82) is 0 Å². The van der Waals surface area contributed by atoms with E-state index in [1.807, 2.05) is 43.6 Å². The summed E-state index contributed by atoms with van der Waals surface area (Å²) in [5.74, 6) is 1.68. The third-order valence-electron chi connectivity index (χ3n) is 3.14. The number of aromatic nitrogens is 1. The van der Waals surface area contributed by atoms with Gasteiger partial charge >= 0.3 is 0 Å². The van der Waals surface area contributed by atoms with E-state index in [0.29, 0.717) is 13.2 Å². The van der Waals surface area contributed by atoms with Crippen molar-refractivity contribution in [2.45, 2.75) is 12.8 Å². The molecule has 0 saturated heterocycles. The Labute approximate surface area is 113 Å². The number of rotatable bonds is 6. The van der Waals surface area contributed by atoms with Crippen LogP contribution in [0.1, 0.15) is 17.0 Å². The van der Waals surface area contributed by atoms with Gasteiger partial charge in [0.1, 0.15) is 0 Å². The second-order valence-electron chi connectivity index (χ2n) is 4.54. The number of aryl methyl sites for hydroxylation is 1. The van der Waals surface area contributed by atoms with Crippen molar-refractivity contribution in [3.05, 3.63) is 47.8 Å². The average Bonchev–Trinajstić information content (AvgIpc) is 2.94. The molecular weight excluding hydrogens is 240 g/mol. The third kappa shape index (κ3) is 3.29. The lowest BCUT2D eigenvalue weighted by atomic mass is 10.0. The summed E-state index contributed by atoms with van der Waals surface area (Å²) in [6, 6.07) is 7.92. The Morgan fingerprint density at radius 2 is 2.11 bits per heavy atom. The topological polar surface area (TPSA) is 60.3 Å². The number of methoxy groups -OCH3 is 1. The predicted molar refractivity (Wildman–Crippen MR) is 75.8 cm³/mol. The van der Waals surface area contributed by atoms with Crippen LogP contribution < -0.4 is 15.2 Å². The normalized spacial score (nSPS) is 12.2. The summed E-state index contributed by atoms with van der Waals surface area (Å²) >= 11 is 0. The number of ether oxygens (including phenoxy) is 2. The number of nitrogens with two attached hydrogens (primary N) is 1. The zero-order valence-electron chi connectivity index (χ0n) is 11.3. The lowest BCUT2D eigenvalue weighted by Crippen LogP contribution is -2.19. The Bertz CT molecular complexity index is 509. The largest absolute Gasteiger partial charge is 0.493 e. The molecule has 19 heavy (non-hydrogen) atoms. The minimum atomic E-state index is 0.178. The van der Waals surface area contributed by atoms with Crippen LogP contribution in [0.3, 0.4) is 0 Å². The van der Waals surface area contributed by atoms with Crippen molar-refractivity contribution >= 4 is 0 Å². The van der Waals surface area contributed by atoms with Crippen LogP contribution in [0.4, 0.5) is 0 Å². The molecule has 4 heteroatoms. The molecule has 1 aromatic heterocycles. The molecule has 0 bridgehead atoms. The quantitative estimate of drug-likeness (QED) is 0.838. The van der Waals surface area contributed by atoms with Crippen molar-refractivity contribution in [3.63, 3.8) is 0 Å². The Hall–Kier alpha value is -1.94. The number of nitrogens with one attached hydrogen (secondary N) is 1. The second kappa shape index (κ2) is 6.29. The maximum Gasteiger partial charge on any atom is 0.161 e. The summed E-state index contributed by atoms with van der Waals surface area (Å²) in [6.07, 6.45) is 3.84. The molecule has 0 aliphatic heterocycles. The van der Waals surface area contributed by atoms with Crippen LogP contribution in [-0.2, 0) is 0 Å². The van der Waals surface area contributed by atoms with Gasteiger partial charge in [-0.15, -0.1) is 0 Å². The van der Waals surface area contributed by atoms with E-state index in [-0.39, 0.29) is 5.92 Å². The highest BCUT2D eigenvalue weighted by atomic mass is 16.5. The van der Waals surface area contributed by atoms with Gasteiger partial charge in [0.15, 0.2) is 11.5 Å². The molecule has 0 saturated carbocycles. The van der Waals surface area contributed by atoms with Crippen LogP contribution in [0.5, 0.6) is 11.5 Å². The zero-order chi connectivity index (χ0) is 13.7. The maximum atomic E-state index is 5.84. The van der Waals surface area contributed by atoms with Crippen molar-refractivity contribution in [2.24, 2.45) is 5.73 Å². The zero-order valence-corrected chi connectivity index (χ0v) is 11.3. The number of aromatic amines is 1. The van der Waals surface area contributed by atoms with Crippen molar-refractivity contribution < 1.29 is 9.47 Å². The molecule has 1 atom stereocenters. The Morgan fingerprint density at radius 3 is 2.74 bits per heavy atom. The summed E-state index contributed by atoms with van der Waals surface area (Å²) in [5.41, 5.74) is 8.10. The molecule has 1 aromatic carbocycles. The van der Waals surface area contributed by atoms with Gasteiger partial charge in [-0.05, 0) is 36.2 Å². The first-order chi connectivity index (χ1) is 9.24. The number of hydrogen-bond donors (Lipinski definition) is 2. The monoisotopic (exact) mass is 260 g/mol. The van der Waals surface area contributed by atoms with Gasteiger partial charge in [-0.1, -0.05) is 6.07 Å². The van der Waals surface area contributed by atoms with Crippen LogP contribution in [0, 0.1) is 6.92 Å². The molecule has 1 unspecified atom stereocenters. The summed E-state index contributed by atoms with van der Waals surface area (Å²) in [7, 11) is 1.65. The van der Waals surface area contributed by atoms with E-state index in [4.69, 9.17) is 15.2 Å². The van der Waals surface area contributed by atoms with E-state index < -0.39 is 0 Å². The fourth-order valence-electron chi connectivity index (χ4n) is 1.98. The van der Waals surface area contributed by atoms with E-state index in [2.05, 4.69) is 4.98 Å². The van der Waals surface area contributed by atoms with Gasteiger partial charge in [0, 0.05) is 24.9 Å². The Morgan fingerprint density at radius 1 is 1.26 bits per heavy atom. The first kappa shape index (κ1) is 13.5. The van der Waals surface area contributed by atoms with Gasteiger partial charge in [0.05, 0.1) is 13.7 Å². The molecular formula is C15H20N2O2. The molecule has 0 aliphatic rings. The van der Waals surface area contributed by atoms with Crippen LogP contribution >= 0.6 is 0 Å². The summed E-state index contributed by atoms with van der Waals surface area (Å²) in [4.78, 5) is 3.04. The molecule has 3 N–H and O–H groups in total. The highest BCUT2D eigenvalue weighted by Gasteiger charge is 2.12. The van der Waals surface area contributed by atoms with Crippen LogP contribution in [0.2, 0.25) is 0 Å². The summed E-state index contributed by atoms with van der Waals surface area (Å²) in [5, 5.41) is 0. The molecule has 0 radical (unpaired) electrons. The molecule has 2 rings (SSSR count). The highest BCUT2D eigenvalue weighted by molar-refractivity contribution is 5.42. The molecule has 102 valence electrons. The van der Waals surface area contributed by atoms with Crippen LogP contribution in [-0.4, -0.2) is 25.2 Å². The second-order valence-corrected chi connectivity index (χ2v) is 4.54. The lowest BCUT2D eigenvalue weighted by Gasteiger charge is -2.16. The van der Waals surface area contributed by atoms with Gasteiger partial charge in [0.25, 0.3) is 0 Å². The molecule has 2 aromatic rings. The molecule has 0 spiro atoms. The summed E-state index contributed by atoms with van der Waals surface area (Å²) < 4.78 is 11.2. The van der Waals surface area contributed by atoms with Gasteiger partial charge in [-0.2, -0.15) is 0 Å². The molecule has 0 aliphatic carbocycles. The number of benzene rings is 1. The molecule has 1 heterocycles. The molecule has 0 fully saturated rings. The van der Waals surface area contributed by atoms with Crippen molar-refractivity contribution in [3.8, 4) is 11.5 Å². The van der Waals surface area contributed by atoms with Gasteiger partial charge in [-0.3, -0.25) is 0 Å². The van der Waals surface area contributed by atoms with E-state index in [0.717, 1.165) is 22.6 Å². The van der Waals surface area contributed by atoms with Gasteiger partial charge < -0.3 is 20.2 Å². The van der Waals surface area contributed by atoms with Gasteiger partial charge in [0.2, 0.25) is 0 Å². The maximum absolute atomic E-state index is 5.84. The Balaban J connectivity index is 2.05. The van der Waals surface area contributed by atoms with Crippen molar-refractivity contribution in [2.75, 3.05) is 20.3 Å². The van der Waals surface area contributed by atoms with E-state index in [1.54, 1.807) is 7.11 Å². The van der Waals surface area contributed by atoms with Crippen molar-refractivity contribution in [1.82, 2.24) is 4.98 Å². The Kier molecular flexibility index (Phi) is 4.47. The standard InChI is InChI=1S/C15H20N2O2/c1-11-3-4-14(15(7-11)18-2)19-10-13(8-16)12-5-6-17-9-12/h3-7,9,13,17H,8,10,16H2,1-2H3. The SMILES string of the molecule is COc1cc(C)ccc1OCC(CN)c1cc[nH]c1. The van der Waals surface area contributed by atoms with Crippen LogP contribution in [0.25, 0.3) is 0 Å². The first-order valence-corrected chi connectivity index (χ1v) is 6.34. The number of H-pyrrole nitrogens is 1. The van der Waals surface area contributed by atoms with E-state index >= 15 is 0 Å². The lowest BCUT2D eigenvalue weighted by molar-refractivity contribution is 0.273. The smallest absolute Gasteiger partial charge is 0.161 e. The third-order valence-corrected chi connectivity index (χ3v) is 3.14. The fourth-order valence-corrected chi connectivity index (χ4v) is 1.98. The van der Waals surface area contributed by atoms with E-state index in [9.17, 15) is 0 Å². The highest BCUT2D eigenvalue weighted by Crippen LogP contribution is 2.29. The number of hydrogen-bond acceptors (Lipinski definition) is 3. The average molecular weight is 260 g/mol. The van der Waals surface area contributed by atoms with Crippen LogP contribution in [0.15, 0.2) is 36.7 Å². The van der Waals surface area contributed by atoms with E-state index in [1.165, 1.54) is 0 Å². The molecule has 0 amide bonds. The van der Waals surface area contributed by atoms with Gasteiger partial charge in [-0.25, -0.2) is 0 Å². The molecule has 4 nitrogen and oxygen atoms in total.